The molecule has 0 bridgehead atoms. The zero-order valence-corrected chi connectivity index (χ0v) is 17.4. The quantitative estimate of drug-likeness (QED) is 0.458. The summed E-state index contributed by atoms with van der Waals surface area (Å²) in [5.74, 6) is 0.590. The van der Waals surface area contributed by atoms with Crippen LogP contribution in [0.2, 0.25) is 0 Å². The molecule has 6 nitrogen and oxygen atoms in total. The van der Waals surface area contributed by atoms with E-state index in [9.17, 15) is 4.79 Å². The van der Waals surface area contributed by atoms with E-state index in [0.29, 0.717) is 12.4 Å². The highest BCUT2D eigenvalue weighted by molar-refractivity contribution is 5.90. The number of aryl methyl sites for hydroxylation is 1. The Morgan fingerprint density at radius 1 is 1.16 bits per heavy atom. The van der Waals surface area contributed by atoms with E-state index >= 15 is 0 Å². The van der Waals surface area contributed by atoms with Crippen LogP contribution in [0.4, 0.5) is 10.5 Å². The Morgan fingerprint density at radius 2 is 2.03 bits per heavy atom. The number of amides is 2. The van der Waals surface area contributed by atoms with Crippen molar-refractivity contribution in [2.24, 2.45) is 0 Å². The summed E-state index contributed by atoms with van der Waals surface area (Å²) in [6.45, 7) is 2.80. The summed E-state index contributed by atoms with van der Waals surface area (Å²) in [4.78, 5) is 23.7. The van der Waals surface area contributed by atoms with Crippen LogP contribution >= 0.6 is 0 Å². The summed E-state index contributed by atoms with van der Waals surface area (Å²) in [5.41, 5.74) is 5.63. The molecule has 0 spiro atoms. The number of pyridine rings is 1. The van der Waals surface area contributed by atoms with Gasteiger partial charge in [-0.05, 0) is 60.7 Å². The van der Waals surface area contributed by atoms with Gasteiger partial charge in [0.05, 0.1) is 0 Å². The number of rotatable bonds is 4. The molecule has 0 aliphatic carbocycles. The Balaban J connectivity index is 1.37. The van der Waals surface area contributed by atoms with Crippen LogP contribution in [0.3, 0.4) is 0 Å². The lowest BCUT2D eigenvalue weighted by atomic mass is 10.1. The lowest BCUT2D eigenvalue weighted by Gasteiger charge is -2.22. The Bertz CT molecular complexity index is 1200. The number of nitrogens with zero attached hydrogens (tertiary/aromatic N) is 3. The maximum Gasteiger partial charge on any atom is 0.322 e. The Morgan fingerprint density at radius 3 is 2.81 bits per heavy atom. The highest BCUT2D eigenvalue weighted by Crippen LogP contribution is 2.34. The minimum Gasteiger partial charge on any atom is -0.438 e. The average molecular weight is 412 g/mol. The van der Waals surface area contributed by atoms with E-state index in [2.05, 4.69) is 17.2 Å². The molecular weight excluding hydrogens is 388 g/mol. The maximum absolute atomic E-state index is 12.9. The van der Waals surface area contributed by atoms with Crippen LogP contribution in [0, 0.1) is 0 Å². The van der Waals surface area contributed by atoms with Crippen LogP contribution in [-0.4, -0.2) is 27.4 Å². The van der Waals surface area contributed by atoms with E-state index in [-0.39, 0.29) is 12.1 Å². The van der Waals surface area contributed by atoms with Gasteiger partial charge in [0, 0.05) is 30.2 Å². The van der Waals surface area contributed by atoms with Crippen molar-refractivity contribution in [1.82, 2.24) is 14.9 Å². The van der Waals surface area contributed by atoms with Crippen LogP contribution in [0.15, 0.2) is 71.4 Å². The van der Waals surface area contributed by atoms with Gasteiger partial charge in [0.25, 0.3) is 0 Å². The molecule has 1 fully saturated rings. The number of likely N-dealkylation sites (tertiary alicyclic amines) is 1. The highest BCUT2D eigenvalue weighted by atomic mass is 16.4. The normalized spacial score (nSPS) is 16.0. The van der Waals surface area contributed by atoms with E-state index in [4.69, 9.17) is 9.40 Å². The van der Waals surface area contributed by atoms with Gasteiger partial charge in [-0.25, -0.2) is 9.78 Å². The van der Waals surface area contributed by atoms with Crippen LogP contribution < -0.4 is 5.32 Å². The largest absolute Gasteiger partial charge is 0.438 e. The first-order valence-corrected chi connectivity index (χ1v) is 10.7. The minimum absolute atomic E-state index is 0.120. The number of urea groups is 1. The molecule has 4 aromatic rings. The van der Waals surface area contributed by atoms with Crippen molar-refractivity contribution in [3.63, 3.8) is 0 Å². The smallest absolute Gasteiger partial charge is 0.322 e. The molecule has 0 radical (unpaired) electrons. The molecule has 1 saturated heterocycles. The number of carbonyl (C=O) groups is 1. The fourth-order valence-electron chi connectivity index (χ4n) is 4.09. The van der Waals surface area contributed by atoms with Gasteiger partial charge < -0.3 is 14.6 Å². The van der Waals surface area contributed by atoms with Gasteiger partial charge in [-0.2, -0.15) is 0 Å². The van der Waals surface area contributed by atoms with Crippen molar-refractivity contribution in [3.8, 4) is 11.1 Å². The van der Waals surface area contributed by atoms with Crippen molar-refractivity contribution in [2.75, 3.05) is 11.9 Å². The predicted octanol–water partition coefficient (Wildman–Crippen LogP) is 5.82. The first-order valence-electron chi connectivity index (χ1n) is 10.7. The van der Waals surface area contributed by atoms with E-state index in [1.54, 1.807) is 6.20 Å². The Kier molecular flexibility index (Phi) is 5.12. The lowest BCUT2D eigenvalue weighted by molar-refractivity contribution is 0.199. The number of nitrogens with one attached hydrogen (secondary N) is 1. The van der Waals surface area contributed by atoms with Gasteiger partial charge in [-0.1, -0.05) is 31.2 Å². The van der Waals surface area contributed by atoms with Gasteiger partial charge in [0.15, 0.2) is 5.58 Å². The number of anilines is 1. The summed E-state index contributed by atoms with van der Waals surface area (Å²) < 4.78 is 6.06. The number of fused-ring (bicyclic) bond motifs is 1. The molecule has 2 aromatic carbocycles. The number of carbonyl (C=O) groups excluding carboxylic acids is 1. The molecular formula is C25H24N4O2. The SMILES string of the molecule is CCc1ccc(NC(=O)N2CCC[C@@H]2c2nc3cc(-c4cccnc4)ccc3o2)cc1. The number of aromatic nitrogens is 2. The van der Waals surface area contributed by atoms with Crippen molar-refractivity contribution >= 4 is 22.8 Å². The zero-order chi connectivity index (χ0) is 21.2. The second kappa shape index (κ2) is 8.22. The Hall–Kier alpha value is -3.67. The van der Waals surface area contributed by atoms with Gasteiger partial charge >= 0.3 is 6.03 Å². The molecule has 2 amide bonds. The van der Waals surface area contributed by atoms with Crippen LogP contribution in [0.5, 0.6) is 0 Å². The molecule has 6 heteroatoms. The van der Waals surface area contributed by atoms with Gasteiger partial charge in [0.1, 0.15) is 11.6 Å². The molecule has 0 saturated carbocycles. The summed E-state index contributed by atoms with van der Waals surface area (Å²) >= 11 is 0. The fourth-order valence-corrected chi connectivity index (χ4v) is 4.09. The Labute approximate surface area is 180 Å². The zero-order valence-electron chi connectivity index (χ0n) is 17.4. The van der Waals surface area contributed by atoms with E-state index in [0.717, 1.165) is 47.2 Å². The third kappa shape index (κ3) is 3.89. The van der Waals surface area contributed by atoms with Gasteiger partial charge in [0.2, 0.25) is 5.89 Å². The molecule has 31 heavy (non-hydrogen) atoms. The highest BCUT2D eigenvalue weighted by Gasteiger charge is 2.33. The number of benzene rings is 2. The van der Waals surface area contributed by atoms with Crippen LogP contribution in [0.1, 0.15) is 37.3 Å². The van der Waals surface area contributed by atoms with Crippen LogP contribution in [0.25, 0.3) is 22.2 Å². The number of oxazole rings is 1. The first-order chi connectivity index (χ1) is 15.2. The minimum atomic E-state index is -0.163. The van der Waals surface area contributed by atoms with E-state index in [1.165, 1.54) is 5.56 Å². The van der Waals surface area contributed by atoms with Crippen molar-refractivity contribution in [3.05, 3.63) is 78.4 Å². The van der Waals surface area contributed by atoms with Crippen molar-refractivity contribution in [2.45, 2.75) is 32.2 Å². The molecule has 1 atom stereocenters. The van der Waals surface area contributed by atoms with E-state index in [1.807, 2.05) is 65.7 Å². The first kappa shape index (κ1) is 19.3. The molecule has 1 N–H and O–H groups in total. The number of hydrogen-bond donors (Lipinski definition) is 1. The third-order valence-corrected chi connectivity index (χ3v) is 5.81. The molecule has 5 rings (SSSR count). The average Bonchev–Trinajstić information content (AvgIpc) is 3.46. The number of hydrogen-bond acceptors (Lipinski definition) is 4. The molecule has 0 unspecified atom stereocenters. The van der Waals surface area contributed by atoms with E-state index < -0.39 is 0 Å². The topological polar surface area (TPSA) is 71.3 Å². The second-order valence-corrected chi connectivity index (χ2v) is 7.81. The van der Waals surface area contributed by atoms with Crippen LogP contribution in [-0.2, 0) is 6.42 Å². The summed E-state index contributed by atoms with van der Waals surface area (Å²) in [6, 6.07) is 17.6. The summed E-state index contributed by atoms with van der Waals surface area (Å²) in [5, 5.41) is 3.01. The lowest BCUT2D eigenvalue weighted by Crippen LogP contribution is -2.34. The summed E-state index contributed by atoms with van der Waals surface area (Å²) in [7, 11) is 0. The van der Waals surface area contributed by atoms with Crippen molar-refractivity contribution in [1.29, 1.82) is 0 Å². The predicted molar refractivity (Wildman–Crippen MR) is 121 cm³/mol. The third-order valence-electron chi connectivity index (χ3n) is 5.81. The molecule has 156 valence electrons. The maximum atomic E-state index is 12.9. The fraction of sp³-hybridized carbons (Fsp3) is 0.240. The van der Waals surface area contributed by atoms with Gasteiger partial charge in [-0.3, -0.25) is 4.98 Å². The standard InChI is InChI=1S/C25H24N4O2/c1-2-17-7-10-20(11-8-17)27-25(30)29-14-4-6-22(29)24-28-21-15-18(9-12-23(21)31-24)19-5-3-13-26-16-19/h3,5,7-13,15-16,22H,2,4,6,14H2,1H3,(H,27,30)/t22-/m1/s1. The molecule has 2 aromatic heterocycles. The summed E-state index contributed by atoms with van der Waals surface area (Å²) in [6.07, 6.45) is 6.33. The molecule has 3 heterocycles. The molecule has 1 aliphatic heterocycles. The van der Waals surface area contributed by atoms with Crippen molar-refractivity contribution < 1.29 is 9.21 Å². The van der Waals surface area contributed by atoms with Gasteiger partial charge in [-0.15, -0.1) is 0 Å². The molecule has 1 aliphatic rings. The second-order valence-electron chi connectivity index (χ2n) is 7.81. The monoisotopic (exact) mass is 412 g/mol.